The van der Waals surface area contributed by atoms with Gasteiger partial charge in [0.05, 0.1) is 12.2 Å². The summed E-state index contributed by atoms with van der Waals surface area (Å²) in [6.45, 7) is 5.90. The summed E-state index contributed by atoms with van der Waals surface area (Å²) in [6, 6.07) is 0.606. The number of rotatable bonds is 4. The van der Waals surface area contributed by atoms with Crippen LogP contribution in [0.5, 0.6) is 0 Å². The minimum absolute atomic E-state index is 0.113. The van der Waals surface area contributed by atoms with Crippen LogP contribution in [0.2, 0.25) is 0 Å². The van der Waals surface area contributed by atoms with Crippen molar-refractivity contribution in [2.24, 2.45) is 0 Å². The minimum Gasteiger partial charge on any atom is -0.356 e. The van der Waals surface area contributed by atoms with E-state index in [-0.39, 0.29) is 11.9 Å². The maximum Gasteiger partial charge on any atom is 0.273 e. The fourth-order valence-corrected chi connectivity index (χ4v) is 3.23. The highest BCUT2D eigenvalue weighted by Crippen LogP contribution is 2.27. The van der Waals surface area contributed by atoms with Crippen molar-refractivity contribution in [3.63, 3.8) is 0 Å². The Morgan fingerprint density at radius 1 is 1.16 bits per heavy atom. The Labute approximate surface area is 146 Å². The van der Waals surface area contributed by atoms with Crippen LogP contribution in [-0.2, 0) is 0 Å². The van der Waals surface area contributed by atoms with Crippen molar-refractivity contribution in [2.45, 2.75) is 51.6 Å². The number of hydrogen-bond donors (Lipinski definition) is 1. The average Bonchev–Trinajstić information content (AvgIpc) is 3.29. The molecule has 0 radical (unpaired) electrons. The molecule has 3 heterocycles. The van der Waals surface area contributed by atoms with Gasteiger partial charge < -0.3 is 10.2 Å². The predicted octanol–water partition coefficient (Wildman–Crippen LogP) is 1.42. The molecule has 2 aromatic heterocycles. The zero-order valence-electron chi connectivity index (χ0n) is 14.6. The summed E-state index contributed by atoms with van der Waals surface area (Å²) in [5, 5.41) is 11.2. The number of hydrogen-bond acceptors (Lipinski definition) is 6. The molecule has 2 fully saturated rings. The Kier molecular flexibility index (Phi) is 4.10. The molecule has 2 aromatic rings. The van der Waals surface area contributed by atoms with Gasteiger partial charge in [-0.2, -0.15) is 0 Å². The van der Waals surface area contributed by atoms with Crippen molar-refractivity contribution < 1.29 is 4.79 Å². The first-order valence-electron chi connectivity index (χ1n) is 8.87. The summed E-state index contributed by atoms with van der Waals surface area (Å²) in [5.74, 6) is 0.910. The molecule has 0 atom stereocenters. The Balaban J connectivity index is 1.39. The van der Waals surface area contributed by atoms with Crippen LogP contribution in [0.25, 0.3) is 0 Å². The van der Waals surface area contributed by atoms with E-state index in [1.807, 2.05) is 11.6 Å². The zero-order valence-corrected chi connectivity index (χ0v) is 14.6. The summed E-state index contributed by atoms with van der Waals surface area (Å²) >= 11 is 0. The molecule has 8 nitrogen and oxygen atoms in total. The molecule has 0 bridgehead atoms. The van der Waals surface area contributed by atoms with E-state index in [1.54, 1.807) is 12.5 Å². The van der Waals surface area contributed by atoms with Gasteiger partial charge in [0.25, 0.3) is 5.91 Å². The SMILES string of the molecule is Cc1ncnc(N2CCC(n3cc(C(=O)NC4CC4)nn3)CC2)c1C. The second-order valence-corrected chi connectivity index (χ2v) is 6.96. The van der Waals surface area contributed by atoms with Crippen LogP contribution in [0.3, 0.4) is 0 Å². The van der Waals surface area contributed by atoms with Crippen molar-refractivity contribution >= 4 is 11.7 Å². The molecule has 0 aromatic carbocycles. The van der Waals surface area contributed by atoms with E-state index in [1.165, 1.54) is 0 Å². The van der Waals surface area contributed by atoms with E-state index in [9.17, 15) is 4.79 Å². The highest BCUT2D eigenvalue weighted by atomic mass is 16.2. The maximum atomic E-state index is 12.0. The van der Waals surface area contributed by atoms with Crippen molar-refractivity contribution in [2.75, 3.05) is 18.0 Å². The van der Waals surface area contributed by atoms with Gasteiger partial charge in [0.15, 0.2) is 5.69 Å². The lowest BCUT2D eigenvalue weighted by Crippen LogP contribution is -2.36. The molecule has 1 saturated heterocycles. The van der Waals surface area contributed by atoms with Crippen LogP contribution in [0.4, 0.5) is 5.82 Å². The zero-order chi connectivity index (χ0) is 17.4. The molecule has 4 rings (SSSR count). The number of aryl methyl sites for hydroxylation is 1. The van der Waals surface area contributed by atoms with E-state index in [0.717, 1.165) is 55.8 Å². The van der Waals surface area contributed by atoms with Crippen LogP contribution in [-0.4, -0.2) is 50.0 Å². The van der Waals surface area contributed by atoms with Gasteiger partial charge in [-0.1, -0.05) is 5.21 Å². The maximum absolute atomic E-state index is 12.0. The van der Waals surface area contributed by atoms with Gasteiger partial charge in [0, 0.05) is 30.4 Å². The number of anilines is 1. The summed E-state index contributed by atoms with van der Waals surface area (Å²) in [7, 11) is 0. The Hall–Kier alpha value is -2.51. The van der Waals surface area contributed by atoms with Crippen molar-refractivity contribution in [3.05, 3.63) is 29.5 Å². The fraction of sp³-hybridized carbons (Fsp3) is 0.588. The van der Waals surface area contributed by atoms with Crippen LogP contribution >= 0.6 is 0 Å². The molecule has 25 heavy (non-hydrogen) atoms. The van der Waals surface area contributed by atoms with Crippen molar-refractivity contribution in [1.82, 2.24) is 30.3 Å². The van der Waals surface area contributed by atoms with Gasteiger partial charge in [-0.3, -0.25) is 4.79 Å². The summed E-state index contributed by atoms with van der Waals surface area (Å²) in [4.78, 5) is 23.0. The van der Waals surface area contributed by atoms with E-state index in [2.05, 4.69) is 37.4 Å². The van der Waals surface area contributed by atoms with Crippen molar-refractivity contribution in [1.29, 1.82) is 0 Å². The van der Waals surface area contributed by atoms with E-state index < -0.39 is 0 Å². The van der Waals surface area contributed by atoms with Crippen LogP contribution < -0.4 is 10.2 Å². The number of amides is 1. The Morgan fingerprint density at radius 2 is 1.92 bits per heavy atom. The molecule has 1 aliphatic heterocycles. The normalized spacial score (nSPS) is 18.4. The van der Waals surface area contributed by atoms with Crippen LogP contribution in [0, 0.1) is 13.8 Å². The first-order chi connectivity index (χ1) is 12.1. The van der Waals surface area contributed by atoms with Crippen LogP contribution in [0.1, 0.15) is 53.5 Å². The second kappa shape index (κ2) is 6.42. The lowest BCUT2D eigenvalue weighted by molar-refractivity contribution is 0.0946. The highest BCUT2D eigenvalue weighted by Gasteiger charge is 2.27. The first kappa shape index (κ1) is 16.0. The molecule has 1 saturated carbocycles. The lowest BCUT2D eigenvalue weighted by atomic mass is 10.0. The first-order valence-corrected chi connectivity index (χ1v) is 8.87. The molecular formula is C17H23N7O. The number of aromatic nitrogens is 5. The third-order valence-corrected chi connectivity index (χ3v) is 5.10. The van der Waals surface area contributed by atoms with Gasteiger partial charge in [0.2, 0.25) is 0 Å². The van der Waals surface area contributed by atoms with Gasteiger partial charge in [-0.25, -0.2) is 14.6 Å². The average molecular weight is 341 g/mol. The summed E-state index contributed by atoms with van der Waals surface area (Å²) in [6.07, 6.45) is 7.45. The standard InChI is InChI=1S/C17H23N7O/c1-11-12(2)18-10-19-16(11)23-7-5-14(6-8-23)24-9-15(21-22-24)17(25)20-13-3-4-13/h9-10,13-14H,3-8H2,1-2H3,(H,20,25). The molecule has 2 aliphatic rings. The fourth-order valence-electron chi connectivity index (χ4n) is 3.23. The molecule has 1 N–H and O–H groups in total. The van der Waals surface area contributed by atoms with E-state index >= 15 is 0 Å². The number of nitrogens with one attached hydrogen (secondary N) is 1. The molecule has 0 unspecified atom stereocenters. The Morgan fingerprint density at radius 3 is 2.64 bits per heavy atom. The van der Waals surface area contributed by atoms with Gasteiger partial charge in [0.1, 0.15) is 12.1 Å². The summed E-state index contributed by atoms with van der Waals surface area (Å²) in [5.41, 5.74) is 2.58. The van der Waals surface area contributed by atoms with Gasteiger partial charge in [-0.05, 0) is 39.5 Å². The molecule has 1 aliphatic carbocycles. The predicted molar refractivity (Wildman–Crippen MR) is 92.5 cm³/mol. The van der Waals surface area contributed by atoms with E-state index in [4.69, 9.17) is 0 Å². The number of piperidine rings is 1. The molecule has 132 valence electrons. The smallest absolute Gasteiger partial charge is 0.273 e. The highest BCUT2D eigenvalue weighted by molar-refractivity contribution is 5.92. The summed E-state index contributed by atoms with van der Waals surface area (Å²) < 4.78 is 1.84. The van der Waals surface area contributed by atoms with Crippen molar-refractivity contribution in [3.8, 4) is 0 Å². The molecular weight excluding hydrogens is 318 g/mol. The topological polar surface area (TPSA) is 88.8 Å². The van der Waals surface area contributed by atoms with Gasteiger partial charge >= 0.3 is 0 Å². The number of nitrogens with zero attached hydrogens (tertiary/aromatic N) is 6. The largest absolute Gasteiger partial charge is 0.356 e. The third-order valence-electron chi connectivity index (χ3n) is 5.10. The molecule has 8 heteroatoms. The second-order valence-electron chi connectivity index (χ2n) is 6.96. The van der Waals surface area contributed by atoms with E-state index in [0.29, 0.717) is 11.7 Å². The Bertz CT molecular complexity index is 775. The number of carbonyl (C=O) groups excluding carboxylic acids is 1. The van der Waals surface area contributed by atoms with Crippen LogP contribution in [0.15, 0.2) is 12.5 Å². The quantitative estimate of drug-likeness (QED) is 0.905. The van der Waals surface area contributed by atoms with Gasteiger partial charge in [-0.15, -0.1) is 5.10 Å². The molecule has 1 amide bonds. The minimum atomic E-state index is -0.113. The third kappa shape index (κ3) is 3.33. The number of carbonyl (C=O) groups is 1. The molecule has 0 spiro atoms. The monoisotopic (exact) mass is 341 g/mol. The lowest BCUT2D eigenvalue weighted by Gasteiger charge is -2.33.